The van der Waals surface area contributed by atoms with Crippen LogP contribution in [0.3, 0.4) is 0 Å². The van der Waals surface area contributed by atoms with Gasteiger partial charge in [-0.2, -0.15) is 0 Å². The van der Waals surface area contributed by atoms with Gasteiger partial charge in [0.15, 0.2) is 0 Å². The summed E-state index contributed by atoms with van der Waals surface area (Å²) in [5.41, 5.74) is 17.2. The zero-order valence-electron chi connectivity index (χ0n) is 19.3. The molecule has 0 aliphatic carbocycles. The Balaban J connectivity index is 1.72. The Morgan fingerprint density at radius 1 is 0.882 bits per heavy atom. The van der Waals surface area contributed by atoms with Crippen LogP contribution in [0.2, 0.25) is 0 Å². The Bertz CT molecular complexity index is 1470. The number of nitrogen functional groups attached to an aromatic ring is 2. The van der Waals surface area contributed by atoms with Crippen LogP contribution in [0.25, 0.3) is 33.0 Å². The van der Waals surface area contributed by atoms with Gasteiger partial charge in [0, 0.05) is 69.8 Å². The van der Waals surface area contributed by atoms with Crippen LogP contribution < -0.4 is 16.8 Å². The number of H-pyrrole nitrogens is 1. The number of nitrogens with two attached hydrogens (primary N) is 2. The molecule has 0 bridgehead atoms. The third-order valence-electron chi connectivity index (χ3n) is 6.63. The number of benzene rings is 2. The molecule has 8 heteroatoms. The number of aromatic nitrogens is 2. The van der Waals surface area contributed by atoms with Crippen LogP contribution >= 0.6 is 0 Å². The van der Waals surface area contributed by atoms with Crippen molar-refractivity contribution in [3.63, 3.8) is 0 Å². The summed E-state index contributed by atoms with van der Waals surface area (Å²) in [5.74, 6) is -0.834. The van der Waals surface area contributed by atoms with E-state index < -0.39 is 11.8 Å². The van der Waals surface area contributed by atoms with Gasteiger partial charge in [0.05, 0.1) is 11.1 Å². The van der Waals surface area contributed by atoms with Crippen molar-refractivity contribution in [3.8, 4) is 0 Å². The van der Waals surface area contributed by atoms with E-state index in [1.165, 1.54) is 0 Å². The summed E-state index contributed by atoms with van der Waals surface area (Å²) in [5, 5.41) is 4.13. The highest BCUT2D eigenvalue weighted by Gasteiger charge is 2.35. The molecule has 0 atom stereocenters. The monoisotopic (exact) mass is 456 g/mol. The minimum absolute atomic E-state index is 0.340. The molecule has 2 aromatic heterocycles. The van der Waals surface area contributed by atoms with E-state index in [9.17, 15) is 9.59 Å². The zero-order valence-corrected chi connectivity index (χ0v) is 19.3. The predicted molar refractivity (Wildman–Crippen MR) is 137 cm³/mol. The standard InChI is InChI=1S/C26H28N6O2/c1-3-31(4-2)9-10-32-14-20(18-12-16(28)6-8-22(18)32)24-23(25(33)30-26(24)34)19-13-29-21-7-5-15(27)11-17(19)21/h5-8,11-14,29H,3-4,9-10,27-28H2,1-2H3,(H,30,33,34). The van der Waals surface area contributed by atoms with E-state index in [0.717, 1.165) is 48.0 Å². The molecule has 0 fully saturated rings. The van der Waals surface area contributed by atoms with E-state index >= 15 is 0 Å². The fourth-order valence-electron chi connectivity index (χ4n) is 4.80. The number of anilines is 2. The van der Waals surface area contributed by atoms with E-state index in [2.05, 4.69) is 33.6 Å². The van der Waals surface area contributed by atoms with Gasteiger partial charge in [0.2, 0.25) is 0 Å². The molecule has 1 aliphatic rings. The fourth-order valence-corrected chi connectivity index (χ4v) is 4.80. The van der Waals surface area contributed by atoms with E-state index in [0.29, 0.717) is 33.6 Å². The highest BCUT2D eigenvalue weighted by Crippen LogP contribution is 2.39. The van der Waals surface area contributed by atoms with Crippen LogP contribution in [-0.4, -0.2) is 45.9 Å². The van der Waals surface area contributed by atoms with Gasteiger partial charge in [-0.25, -0.2) is 0 Å². The molecule has 174 valence electrons. The minimum atomic E-state index is -0.420. The topological polar surface area (TPSA) is 122 Å². The number of hydrogen-bond donors (Lipinski definition) is 4. The Morgan fingerprint density at radius 2 is 1.53 bits per heavy atom. The summed E-state index contributed by atoms with van der Waals surface area (Å²) in [6.07, 6.45) is 3.72. The molecule has 1 aliphatic heterocycles. The number of aromatic amines is 1. The number of likely N-dealkylation sites (N-methyl/N-ethyl adjacent to an activating group) is 1. The molecular weight excluding hydrogens is 428 g/mol. The van der Waals surface area contributed by atoms with Crippen molar-refractivity contribution in [2.75, 3.05) is 31.1 Å². The molecule has 8 nitrogen and oxygen atoms in total. The van der Waals surface area contributed by atoms with Crippen molar-refractivity contribution in [2.45, 2.75) is 20.4 Å². The zero-order chi connectivity index (χ0) is 24.0. The quantitative estimate of drug-likeness (QED) is 0.251. The fraction of sp³-hybridized carbons (Fsp3) is 0.231. The third kappa shape index (κ3) is 3.52. The molecule has 2 amide bonds. The lowest BCUT2D eigenvalue weighted by Gasteiger charge is -2.18. The highest BCUT2D eigenvalue weighted by atomic mass is 16.2. The van der Waals surface area contributed by atoms with Crippen molar-refractivity contribution in [2.24, 2.45) is 0 Å². The Morgan fingerprint density at radius 3 is 2.24 bits per heavy atom. The smallest absolute Gasteiger partial charge is 0.259 e. The summed E-state index contributed by atoms with van der Waals surface area (Å²) in [6, 6.07) is 11.2. The summed E-state index contributed by atoms with van der Waals surface area (Å²) in [7, 11) is 0. The first-order chi connectivity index (χ1) is 16.4. The lowest BCUT2D eigenvalue weighted by atomic mass is 9.95. The lowest BCUT2D eigenvalue weighted by molar-refractivity contribution is -0.122. The maximum atomic E-state index is 13.1. The first kappa shape index (κ1) is 21.8. The molecule has 6 N–H and O–H groups in total. The first-order valence-corrected chi connectivity index (χ1v) is 11.5. The van der Waals surface area contributed by atoms with E-state index in [-0.39, 0.29) is 0 Å². The van der Waals surface area contributed by atoms with Gasteiger partial charge in [-0.15, -0.1) is 0 Å². The van der Waals surface area contributed by atoms with Crippen molar-refractivity contribution in [1.82, 2.24) is 19.8 Å². The van der Waals surface area contributed by atoms with Crippen molar-refractivity contribution < 1.29 is 9.59 Å². The second kappa shape index (κ2) is 8.39. The molecule has 0 radical (unpaired) electrons. The molecule has 0 spiro atoms. The second-order valence-electron chi connectivity index (χ2n) is 8.58. The van der Waals surface area contributed by atoms with Crippen LogP contribution in [0.5, 0.6) is 0 Å². The number of fused-ring (bicyclic) bond motifs is 2. The van der Waals surface area contributed by atoms with Crippen LogP contribution in [0, 0.1) is 0 Å². The van der Waals surface area contributed by atoms with Crippen molar-refractivity contribution >= 4 is 56.1 Å². The van der Waals surface area contributed by atoms with E-state index in [4.69, 9.17) is 11.5 Å². The first-order valence-electron chi connectivity index (χ1n) is 11.5. The Kier molecular flexibility index (Phi) is 5.37. The Labute approximate surface area is 197 Å². The Hall–Kier alpha value is -4.04. The number of nitrogens with one attached hydrogen (secondary N) is 2. The number of nitrogens with zero attached hydrogens (tertiary/aromatic N) is 2. The van der Waals surface area contributed by atoms with Gasteiger partial charge in [-0.3, -0.25) is 14.9 Å². The minimum Gasteiger partial charge on any atom is -0.399 e. The maximum Gasteiger partial charge on any atom is 0.259 e. The summed E-state index contributed by atoms with van der Waals surface area (Å²) >= 11 is 0. The normalized spacial score (nSPS) is 14.2. The van der Waals surface area contributed by atoms with Crippen molar-refractivity contribution in [1.29, 1.82) is 0 Å². The van der Waals surface area contributed by atoms with Gasteiger partial charge >= 0.3 is 0 Å². The molecule has 0 saturated carbocycles. The van der Waals surface area contributed by atoms with Crippen LogP contribution in [0.4, 0.5) is 11.4 Å². The third-order valence-corrected chi connectivity index (χ3v) is 6.63. The molecule has 3 heterocycles. The molecule has 5 rings (SSSR count). The number of carbonyl (C=O) groups is 2. The molecule has 34 heavy (non-hydrogen) atoms. The number of rotatable bonds is 7. The van der Waals surface area contributed by atoms with Crippen LogP contribution in [0.15, 0.2) is 48.8 Å². The molecule has 2 aromatic carbocycles. The SMILES string of the molecule is CCN(CC)CCn1cc(C2=C(c3c[nH]c4ccc(N)cc34)C(=O)NC2=O)c2cc(N)ccc21. The summed E-state index contributed by atoms with van der Waals surface area (Å²) < 4.78 is 2.14. The van der Waals surface area contributed by atoms with Gasteiger partial charge in [-0.1, -0.05) is 13.8 Å². The number of carbonyl (C=O) groups excluding carboxylic acids is 2. The largest absolute Gasteiger partial charge is 0.399 e. The van der Waals surface area contributed by atoms with Gasteiger partial charge in [-0.05, 0) is 49.5 Å². The molecule has 0 saturated heterocycles. The van der Waals surface area contributed by atoms with Gasteiger partial charge in [0.1, 0.15) is 0 Å². The van der Waals surface area contributed by atoms with Crippen LogP contribution in [0.1, 0.15) is 25.0 Å². The van der Waals surface area contributed by atoms with Gasteiger partial charge in [0.25, 0.3) is 11.8 Å². The predicted octanol–water partition coefficient (Wildman–Crippen LogP) is 3.20. The molecule has 0 unspecified atom stereocenters. The number of amides is 2. The van der Waals surface area contributed by atoms with Gasteiger partial charge < -0.3 is 25.9 Å². The highest BCUT2D eigenvalue weighted by molar-refractivity contribution is 6.50. The van der Waals surface area contributed by atoms with Crippen LogP contribution in [-0.2, 0) is 16.1 Å². The summed E-state index contributed by atoms with van der Waals surface area (Å²) in [4.78, 5) is 31.7. The molecular formula is C26H28N6O2. The van der Waals surface area contributed by atoms with E-state index in [1.807, 2.05) is 36.5 Å². The average Bonchev–Trinajstić information content (AvgIpc) is 3.46. The lowest BCUT2D eigenvalue weighted by Crippen LogP contribution is -2.26. The average molecular weight is 457 g/mol. The summed E-state index contributed by atoms with van der Waals surface area (Å²) in [6.45, 7) is 7.84. The van der Waals surface area contributed by atoms with E-state index in [1.54, 1.807) is 12.3 Å². The maximum absolute atomic E-state index is 13.1. The van der Waals surface area contributed by atoms with Crippen molar-refractivity contribution in [3.05, 3.63) is 59.9 Å². The second-order valence-corrected chi connectivity index (χ2v) is 8.58. The molecule has 4 aromatic rings. The number of imide groups is 1. The number of hydrogen-bond acceptors (Lipinski definition) is 5.